The molecule has 3 aromatic carbocycles. The van der Waals surface area contributed by atoms with Crippen LogP contribution in [0.25, 0.3) is 5.69 Å². The summed E-state index contributed by atoms with van der Waals surface area (Å²) in [6.45, 7) is 2.10. The standard InChI is InChI=1S/C26H27N5O4S/c1-16-23(15-36-26-28-29-30-31(26)21-9-11-22(33)12-10-21)34-25(19-3-2-4-20(27)13-19)35-24(16)18-7-5-17(14-32)6-8-18/h2-13,16,23-25,32-33H,14-15,27H2,1H3/t16-,23+,24+,25+/m1/s1. The van der Waals surface area contributed by atoms with Gasteiger partial charge < -0.3 is 25.4 Å². The fourth-order valence-electron chi connectivity index (χ4n) is 4.20. The SMILES string of the molecule is C[C@@H]1[C@H](CSc2nnnn2-c2ccc(O)cc2)O[C@H](c2cccc(N)c2)O[C@@H]1c1ccc(CO)cc1. The quantitative estimate of drug-likeness (QED) is 0.252. The van der Waals surface area contributed by atoms with E-state index in [9.17, 15) is 10.2 Å². The molecular formula is C26H27N5O4S. The number of aromatic hydroxyl groups is 1. The van der Waals surface area contributed by atoms with Gasteiger partial charge in [0, 0.05) is 22.9 Å². The molecule has 1 aliphatic rings. The number of tetrazole rings is 1. The van der Waals surface area contributed by atoms with Crippen LogP contribution >= 0.6 is 11.8 Å². The van der Waals surface area contributed by atoms with Crippen molar-refractivity contribution in [2.24, 2.45) is 5.92 Å². The number of aliphatic hydroxyl groups is 1. The van der Waals surface area contributed by atoms with E-state index in [4.69, 9.17) is 15.2 Å². The molecule has 1 saturated heterocycles. The summed E-state index contributed by atoms with van der Waals surface area (Å²) >= 11 is 1.49. The van der Waals surface area contributed by atoms with Gasteiger partial charge in [0.25, 0.3) is 0 Å². The van der Waals surface area contributed by atoms with Gasteiger partial charge in [0.2, 0.25) is 5.16 Å². The fraction of sp³-hybridized carbons (Fsp3) is 0.269. The summed E-state index contributed by atoms with van der Waals surface area (Å²) in [5.74, 6) is 0.788. The number of thioether (sulfide) groups is 1. The number of hydrogen-bond donors (Lipinski definition) is 3. The van der Waals surface area contributed by atoms with Crippen LogP contribution in [0.4, 0.5) is 5.69 Å². The number of phenolic OH excluding ortho intramolecular Hbond substituents is 1. The number of phenols is 1. The zero-order valence-corrected chi connectivity index (χ0v) is 20.5. The fourth-order valence-corrected chi connectivity index (χ4v) is 5.25. The van der Waals surface area contributed by atoms with Crippen molar-refractivity contribution in [1.82, 2.24) is 20.2 Å². The van der Waals surface area contributed by atoms with E-state index in [0.29, 0.717) is 16.6 Å². The van der Waals surface area contributed by atoms with Crippen LogP contribution in [0.5, 0.6) is 5.75 Å². The highest BCUT2D eigenvalue weighted by Crippen LogP contribution is 2.43. The predicted octanol–water partition coefficient (Wildman–Crippen LogP) is 4.03. The normalized spacial score (nSPS) is 21.9. The lowest BCUT2D eigenvalue weighted by Crippen LogP contribution is -2.38. The van der Waals surface area contributed by atoms with E-state index in [1.54, 1.807) is 28.9 Å². The smallest absolute Gasteiger partial charge is 0.214 e. The summed E-state index contributed by atoms with van der Waals surface area (Å²) in [6.07, 6.45) is -0.995. The first-order valence-electron chi connectivity index (χ1n) is 11.6. The number of nitrogens with zero attached hydrogens (tertiary/aromatic N) is 4. The van der Waals surface area contributed by atoms with E-state index in [2.05, 4.69) is 22.4 Å². The molecule has 36 heavy (non-hydrogen) atoms. The third kappa shape index (κ3) is 5.21. The van der Waals surface area contributed by atoms with Crippen LogP contribution in [-0.2, 0) is 16.1 Å². The zero-order valence-electron chi connectivity index (χ0n) is 19.6. The number of ether oxygens (including phenoxy) is 2. The van der Waals surface area contributed by atoms with Crippen LogP contribution in [-0.4, -0.2) is 42.3 Å². The van der Waals surface area contributed by atoms with Gasteiger partial charge in [-0.25, -0.2) is 0 Å². The molecule has 5 rings (SSSR count). The van der Waals surface area contributed by atoms with Crippen LogP contribution in [0.15, 0.2) is 78.0 Å². The number of nitrogens with two attached hydrogens (primary N) is 1. The molecule has 0 saturated carbocycles. The van der Waals surface area contributed by atoms with Crippen molar-refractivity contribution in [2.45, 2.75) is 37.2 Å². The minimum Gasteiger partial charge on any atom is -0.508 e. The Morgan fingerprint density at radius 3 is 2.50 bits per heavy atom. The minimum absolute atomic E-state index is 0.00853. The van der Waals surface area contributed by atoms with E-state index < -0.39 is 6.29 Å². The lowest BCUT2D eigenvalue weighted by molar-refractivity contribution is -0.268. The molecule has 0 aliphatic carbocycles. The number of benzene rings is 3. The summed E-state index contributed by atoms with van der Waals surface area (Å²) in [5.41, 5.74) is 10.1. The second-order valence-electron chi connectivity index (χ2n) is 8.69. The molecule has 1 fully saturated rings. The van der Waals surface area contributed by atoms with Crippen LogP contribution in [0, 0.1) is 5.92 Å². The Labute approximate surface area is 212 Å². The Hall–Kier alpha value is -3.44. The van der Waals surface area contributed by atoms with Gasteiger partial charge >= 0.3 is 0 Å². The molecule has 1 aromatic heterocycles. The maximum absolute atomic E-state index is 9.60. The first-order valence-corrected chi connectivity index (χ1v) is 12.6. The number of aromatic nitrogens is 4. The Balaban J connectivity index is 1.39. The van der Waals surface area contributed by atoms with Crippen molar-refractivity contribution in [3.8, 4) is 11.4 Å². The van der Waals surface area contributed by atoms with Crippen molar-refractivity contribution in [3.05, 3.63) is 89.5 Å². The molecule has 0 amide bonds. The second kappa shape index (κ2) is 10.7. The largest absolute Gasteiger partial charge is 0.508 e. The first-order chi connectivity index (χ1) is 17.5. The van der Waals surface area contributed by atoms with Gasteiger partial charge in [-0.2, -0.15) is 4.68 Å². The first kappa shape index (κ1) is 24.3. The molecule has 0 unspecified atom stereocenters. The van der Waals surface area contributed by atoms with Gasteiger partial charge in [-0.05, 0) is 58.0 Å². The van der Waals surface area contributed by atoms with Crippen molar-refractivity contribution < 1.29 is 19.7 Å². The van der Waals surface area contributed by atoms with Crippen LogP contribution in [0.3, 0.4) is 0 Å². The average Bonchev–Trinajstić information content (AvgIpc) is 3.37. The molecule has 4 aromatic rings. The van der Waals surface area contributed by atoms with Crippen LogP contribution in [0.2, 0.25) is 0 Å². The van der Waals surface area contributed by atoms with E-state index in [1.165, 1.54) is 11.8 Å². The molecule has 0 spiro atoms. The molecule has 4 N–H and O–H groups in total. The summed E-state index contributed by atoms with van der Waals surface area (Å²) in [5, 5.41) is 31.8. The maximum Gasteiger partial charge on any atom is 0.214 e. The zero-order chi connectivity index (χ0) is 25.1. The van der Waals surface area contributed by atoms with E-state index in [1.807, 2.05) is 48.5 Å². The number of anilines is 1. The highest BCUT2D eigenvalue weighted by Gasteiger charge is 2.38. The molecule has 4 atom stereocenters. The second-order valence-corrected chi connectivity index (χ2v) is 9.68. The average molecular weight is 506 g/mol. The van der Waals surface area contributed by atoms with Gasteiger partial charge in [0.15, 0.2) is 6.29 Å². The van der Waals surface area contributed by atoms with Crippen molar-refractivity contribution in [1.29, 1.82) is 0 Å². The Morgan fingerprint density at radius 1 is 1.00 bits per heavy atom. The van der Waals surface area contributed by atoms with Gasteiger partial charge in [-0.1, -0.05) is 55.1 Å². The van der Waals surface area contributed by atoms with Crippen molar-refractivity contribution in [3.63, 3.8) is 0 Å². The summed E-state index contributed by atoms with van der Waals surface area (Å²) < 4.78 is 14.5. The molecule has 0 radical (unpaired) electrons. The number of aliphatic hydroxyl groups excluding tert-OH is 1. The number of rotatable bonds is 7. The maximum atomic E-state index is 9.60. The number of nitrogen functional groups attached to an aromatic ring is 1. The Morgan fingerprint density at radius 2 is 1.78 bits per heavy atom. The van der Waals surface area contributed by atoms with Crippen LogP contribution < -0.4 is 5.73 Å². The monoisotopic (exact) mass is 505 g/mol. The third-order valence-electron chi connectivity index (χ3n) is 6.22. The summed E-state index contributed by atoms with van der Waals surface area (Å²) in [6, 6.07) is 22.0. The summed E-state index contributed by atoms with van der Waals surface area (Å²) in [7, 11) is 0. The Bertz CT molecular complexity index is 1300. The van der Waals surface area contributed by atoms with E-state index in [0.717, 1.165) is 22.4 Å². The molecule has 9 nitrogen and oxygen atoms in total. The van der Waals surface area contributed by atoms with E-state index >= 15 is 0 Å². The van der Waals surface area contributed by atoms with Gasteiger partial charge in [0.05, 0.1) is 24.5 Å². The third-order valence-corrected chi connectivity index (χ3v) is 7.23. The molecule has 0 bridgehead atoms. The molecule has 1 aliphatic heterocycles. The Kier molecular flexibility index (Phi) is 7.19. The van der Waals surface area contributed by atoms with Crippen molar-refractivity contribution in [2.75, 3.05) is 11.5 Å². The highest BCUT2D eigenvalue weighted by molar-refractivity contribution is 7.99. The molecule has 10 heteroatoms. The lowest BCUT2D eigenvalue weighted by Gasteiger charge is -2.41. The van der Waals surface area contributed by atoms with Crippen LogP contribution in [0.1, 0.15) is 36.0 Å². The number of hydrogen-bond acceptors (Lipinski definition) is 9. The summed E-state index contributed by atoms with van der Waals surface area (Å²) in [4.78, 5) is 0. The molecular weight excluding hydrogens is 478 g/mol. The van der Waals surface area contributed by atoms with E-state index in [-0.39, 0.29) is 30.5 Å². The predicted molar refractivity (Wildman–Crippen MR) is 135 cm³/mol. The minimum atomic E-state index is -0.592. The lowest BCUT2D eigenvalue weighted by atomic mass is 9.91. The van der Waals surface area contributed by atoms with Gasteiger partial charge in [0.1, 0.15) is 5.75 Å². The van der Waals surface area contributed by atoms with Gasteiger partial charge in [-0.3, -0.25) is 0 Å². The molecule has 2 heterocycles. The molecule has 186 valence electrons. The van der Waals surface area contributed by atoms with Gasteiger partial charge in [-0.15, -0.1) is 5.10 Å². The van der Waals surface area contributed by atoms with Crippen molar-refractivity contribution >= 4 is 17.4 Å². The highest BCUT2D eigenvalue weighted by atomic mass is 32.2. The topological polar surface area (TPSA) is 129 Å².